The van der Waals surface area contributed by atoms with Crippen molar-refractivity contribution in [1.82, 2.24) is 48.7 Å². The molecule has 2 fully saturated rings. The van der Waals surface area contributed by atoms with Crippen molar-refractivity contribution < 1.29 is 19.1 Å². The van der Waals surface area contributed by atoms with Crippen molar-refractivity contribution in [3.05, 3.63) is 166 Å². The van der Waals surface area contributed by atoms with Gasteiger partial charge in [0, 0.05) is 122 Å². The number of terminal acetylenes is 1. The van der Waals surface area contributed by atoms with Crippen LogP contribution >= 0.6 is 0 Å². The lowest BCUT2D eigenvalue weighted by Crippen LogP contribution is -2.62. The van der Waals surface area contributed by atoms with Crippen molar-refractivity contribution in [3.8, 4) is 68.6 Å². The zero-order valence-electron chi connectivity index (χ0n) is 45.2. The number of carbonyl (C=O) groups is 2. The van der Waals surface area contributed by atoms with E-state index in [2.05, 4.69) is 68.2 Å². The number of fused-ring (bicyclic) bond motifs is 4. The Labute approximate surface area is 461 Å². The molecule has 2 N–H and O–H groups in total. The molecule has 0 atom stereocenters. The molecule has 0 spiro atoms. The molecule has 16 nitrogen and oxygen atoms in total. The topological polar surface area (TPSA) is 167 Å². The Morgan fingerprint density at radius 1 is 0.637 bits per heavy atom. The quantitative estimate of drug-likeness (QED) is 0.0953. The fourth-order valence-corrected chi connectivity index (χ4v) is 11.3. The van der Waals surface area contributed by atoms with Gasteiger partial charge in [-0.05, 0) is 115 Å². The Bertz CT molecular complexity index is 4220. The summed E-state index contributed by atoms with van der Waals surface area (Å²) in [4.78, 5) is 77.1. The number of ether oxygens (including phenoxy) is 2. The molecule has 6 aromatic heterocycles. The smallest absolute Gasteiger partial charge is 0.275 e. The third-order valence-corrected chi connectivity index (χ3v) is 15.9. The summed E-state index contributed by atoms with van der Waals surface area (Å²) in [7, 11) is 3.59. The number of hydrogen-bond donors (Lipinski definition) is 2. The highest BCUT2D eigenvalue weighted by molar-refractivity contribution is 5.98. The number of piperazine rings is 2. The number of carbonyl (C=O) groups excluding carboxylic acids is 2. The minimum absolute atomic E-state index is 0.0451. The lowest BCUT2D eigenvalue weighted by molar-refractivity contribution is -0.147. The van der Waals surface area contributed by atoms with Gasteiger partial charge >= 0.3 is 0 Å². The van der Waals surface area contributed by atoms with Crippen LogP contribution in [0.15, 0.2) is 150 Å². The second-order valence-corrected chi connectivity index (χ2v) is 21.3. The van der Waals surface area contributed by atoms with Gasteiger partial charge in [-0.15, -0.1) is 6.42 Å². The predicted octanol–water partition coefficient (Wildman–Crippen LogP) is 8.41. The number of pyridine rings is 4. The molecule has 16 heteroatoms. The number of hydrogen-bond acceptors (Lipinski definition) is 10. The second kappa shape index (κ2) is 21.2. The molecule has 8 heterocycles. The Morgan fingerprint density at radius 3 is 2.04 bits per heavy atom. The van der Waals surface area contributed by atoms with Crippen LogP contribution in [0, 0.1) is 12.3 Å². The number of aromatic amines is 2. The average Bonchev–Trinajstić information content (AvgIpc) is 4.32. The molecule has 80 heavy (non-hydrogen) atoms. The largest absolute Gasteiger partial charge is 0.492 e. The fourth-order valence-electron chi connectivity index (χ4n) is 11.3. The molecule has 0 aliphatic carbocycles. The van der Waals surface area contributed by atoms with E-state index in [0.29, 0.717) is 69.3 Å². The number of aryl methyl sites for hydroxylation is 1. The van der Waals surface area contributed by atoms with Gasteiger partial charge in [-0.25, -0.2) is 9.97 Å². The molecular formula is C64H60N10O6. The van der Waals surface area contributed by atoms with Crippen molar-refractivity contribution in [2.75, 3.05) is 72.6 Å². The summed E-state index contributed by atoms with van der Waals surface area (Å²) in [6.45, 7) is 9.55. The van der Waals surface area contributed by atoms with Crippen LogP contribution in [0.5, 0.6) is 11.5 Å². The van der Waals surface area contributed by atoms with Crippen LogP contribution in [0.1, 0.15) is 19.4 Å². The number of nitrogens with one attached hydrogen (secondary N) is 2. The number of likely N-dealkylation sites (N-methyl/N-ethyl adjacent to an activating group) is 1. The van der Waals surface area contributed by atoms with Gasteiger partial charge in [-0.2, -0.15) is 0 Å². The van der Waals surface area contributed by atoms with Gasteiger partial charge in [0.1, 0.15) is 35.7 Å². The van der Waals surface area contributed by atoms with Crippen molar-refractivity contribution in [2.45, 2.75) is 25.9 Å². The Balaban J connectivity index is 0.815. The van der Waals surface area contributed by atoms with E-state index < -0.39 is 5.54 Å². The monoisotopic (exact) mass is 1060 g/mol. The predicted molar refractivity (Wildman–Crippen MR) is 314 cm³/mol. The summed E-state index contributed by atoms with van der Waals surface area (Å²) in [5, 5.41) is 3.53. The Morgan fingerprint density at radius 2 is 1.29 bits per heavy atom. The van der Waals surface area contributed by atoms with E-state index in [4.69, 9.17) is 25.9 Å². The number of rotatable bonds is 15. The summed E-state index contributed by atoms with van der Waals surface area (Å²) < 4.78 is 16.0. The first-order valence-electron chi connectivity index (χ1n) is 26.9. The zero-order valence-corrected chi connectivity index (χ0v) is 45.2. The van der Waals surface area contributed by atoms with Crippen LogP contribution in [0.25, 0.3) is 88.4 Å². The maximum Gasteiger partial charge on any atom is 0.275 e. The van der Waals surface area contributed by atoms with E-state index in [-0.39, 0.29) is 29.5 Å². The molecule has 4 aromatic carbocycles. The van der Waals surface area contributed by atoms with Crippen LogP contribution in [-0.4, -0.2) is 139 Å². The maximum absolute atomic E-state index is 14.5. The van der Waals surface area contributed by atoms with E-state index in [0.717, 1.165) is 102 Å². The van der Waals surface area contributed by atoms with Gasteiger partial charge in [0.2, 0.25) is 11.8 Å². The molecule has 0 radical (unpaired) electrons. The van der Waals surface area contributed by atoms with E-state index in [1.807, 2.05) is 106 Å². The molecule has 10 aromatic rings. The van der Waals surface area contributed by atoms with Gasteiger partial charge in [-0.3, -0.25) is 29.0 Å². The van der Waals surface area contributed by atoms with E-state index >= 15 is 0 Å². The molecule has 2 aliphatic heterocycles. The minimum Gasteiger partial charge on any atom is -0.492 e. The normalized spacial score (nSPS) is 15.1. The van der Waals surface area contributed by atoms with Crippen LogP contribution in [-0.2, 0) is 23.2 Å². The SMILES string of the molecule is C#CCN1CCN(CCOc2ccc(-c3ccc4cc(-c5cn(Cc6cc(-c7ccc8nc(-c9cn(C)c(=O)c%10[nH]ccc9%10)ccc8c7)ccc6OCCN6CCN(C)C(=O)C6(C)C)c(=O)c6[nH]ccc56)ccc4n3)cc2)CC1=O. The molecule has 2 saturated heterocycles. The van der Waals surface area contributed by atoms with Crippen LogP contribution in [0.2, 0.25) is 0 Å². The van der Waals surface area contributed by atoms with Crippen LogP contribution < -0.4 is 20.6 Å². The molecule has 2 amide bonds. The average molecular weight is 1070 g/mol. The highest BCUT2D eigenvalue weighted by Crippen LogP contribution is 2.35. The number of amides is 2. The second-order valence-electron chi connectivity index (χ2n) is 21.3. The third-order valence-electron chi connectivity index (χ3n) is 15.9. The van der Waals surface area contributed by atoms with Crippen LogP contribution in [0.3, 0.4) is 0 Å². The zero-order chi connectivity index (χ0) is 55.2. The van der Waals surface area contributed by atoms with E-state index in [9.17, 15) is 19.2 Å². The van der Waals surface area contributed by atoms with Gasteiger partial charge in [0.05, 0.1) is 47.6 Å². The minimum atomic E-state index is -0.673. The number of H-pyrrole nitrogens is 2. The first kappa shape index (κ1) is 51.5. The summed E-state index contributed by atoms with van der Waals surface area (Å²) in [6.07, 6.45) is 12.8. The molecule has 2 aliphatic rings. The molecule has 0 bridgehead atoms. The lowest BCUT2D eigenvalue weighted by Gasteiger charge is -2.44. The summed E-state index contributed by atoms with van der Waals surface area (Å²) in [5.41, 5.74) is 9.69. The molecular weight excluding hydrogens is 1000 g/mol. The number of nitrogens with zero attached hydrogens (tertiary/aromatic N) is 8. The van der Waals surface area contributed by atoms with Gasteiger partial charge < -0.3 is 38.4 Å². The highest BCUT2D eigenvalue weighted by Gasteiger charge is 2.40. The lowest BCUT2D eigenvalue weighted by atomic mass is 9.98. The summed E-state index contributed by atoms with van der Waals surface area (Å²) in [6, 6.07) is 38.3. The number of benzene rings is 4. The molecule has 0 saturated carbocycles. The first-order valence-corrected chi connectivity index (χ1v) is 26.9. The van der Waals surface area contributed by atoms with Crippen molar-refractivity contribution in [3.63, 3.8) is 0 Å². The fraction of sp³-hybridized carbons (Fsp3) is 0.250. The maximum atomic E-state index is 14.5. The van der Waals surface area contributed by atoms with E-state index in [1.54, 1.807) is 38.4 Å². The first-order chi connectivity index (χ1) is 38.8. The van der Waals surface area contributed by atoms with Gasteiger partial charge in [-0.1, -0.05) is 36.3 Å². The summed E-state index contributed by atoms with van der Waals surface area (Å²) in [5.74, 6) is 4.06. The summed E-state index contributed by atoms with van der Waals surface area (Å²) >= 11 is 0. The van der Waals surface area contributed by atoms with Gasteiger partial charge in [0.25, 0.3) is 11.1 Å². The Hall–Kier alpha value is -9.30. The Kier molecular flexibility index (Phi) is 13.6. The third kappa shape index (κ3) is 9.86. The molecule has 402 valence electrons. The number of aromatic nitrogens is 6. The highest BCUT2D eigenvalue weighted by atomic mass is 16.5. The van der Waals surface area contributed by atoms with Crippen LogP contribution in [0.4, 0.5) is 0 Å². The van der Waals surface area contributed by atoms with Crippen molar-refractivity contribution in [1.29, 1.82) is 0 Å². The molecule has 0 unspecified atom stereocenters. The van der Waals surface area contributed by atoms with Crippen molar-refractivity contribution >= 4 is 55.4 Å². The standard InChI is InChI=1S/C64H60N10O6/c1-6-25-72-28-27-71(40-58(72)75)30-32-79-48-14-7-41(8-15-48)53-18-11-46-36-44(10-17-54(46)67-53)51-39-73(62(77)60-49(51)21-23-66-60)37-47-35-43(13-20-57(47)80-33-31-74-29-26-69(4)63(78)64(74,2)3)42-9-16-55-45(34-42)12-19-56(68-55)52-38-70(5)61(76)59-50(52)22-24-65-59/h1,7-24,34-36,38-39,65-66H,25-33,37,40H2,2-5H3. The van der Waals surface area contributed by atoms with Gasteiger partial charge in [0.15, 0.2) is 0 Å². The molecule has 12 rings (SSSR count). The van der Waals surface area contributed by atoms with E-state index in [1.165, 1.54) is 0 Å². The van der Waals surface area contributed by atoms with Crippen molar-refractivity contribution in [2.24, 2.45) is 7.05 Å².